The van der Waals surface area contributed by atoms with Crippen molar-refractivity contribution < 1.29 is 27.5 Å². The maximum absolute atomic E-state index is 12.2. The van der Waals surface area contributed by atoms with E-state index < -0.39 is 15.9 Å². The van der Waals surface area contributed by atoms with Gasteiger partial charge in [-0.25, -0.2) is 13.1 Å². The zero-order valence-electron chi connectivity index (χ0n) is 14.5. The fraction of sp³-hybridized carbons (Fsp3) is 0.0526. The molecule has 3 rings (SSSR count). The molecule has 3 aromatic rings. The summed E-state index contributed by atoms with van der Waals surface area (Å²) in [6.07, 6.45) is 2.55. The number of rotatable bonds is 6. The highest BCUT2D eigenvalue weighted by Crippen LogP contribution is 2.15. The van der Waals surface area contributed by atoms with Gasteiger partial charge < -0.3 is 14.8 Å². The molecule has 0 spiro atoms. The zero-order chi connectivity index (χ0) is 20.1. The fourth-order valence-electron chi connectivity index (χ4n) is 2.36. The Kier molecular flexibility index (Phi) is 5.46. The molecule has 0 saturated heterocycles. The summed E-state index contributed by atoms with van der Waals surface area (Å²) in [6, 6.07) is 12.8. The van der Waals surface area contributed by atoms with Gasteiger partial charge in [0.15, 0.2) is 0 Å². The van der Waals surface area contributed by atoms with Gasteiger partial charge in [-0.15, -0.1) is 0 Å². The number of anilines is 1. The van der Waals surface area contributed by atoms with E-state index in [1.165, 1.54) is 42.9 Å². The fourth-order valence-corrected chi connectivity index (χ4v) is 3.34. The van der Waals surface area contributed by atoms with Crippen molar-refractivity contribution in [1.29, 1.82) is 0 Å². The number of carbonyl (C=O) groups excluding carboxylic acids is 2. The summed E-state index contributed by atoms with van der Waals surface area (Å²) in [6.45, 7) is 0. The number of hydrogen-bond acceptors (Lipinski definition) is 6. The SMILES string of the molecule is O=C(Cc1ccc(NC(=O)c2ccoc2)cc1)NS(=O)(=O)c1ccc(O)cc1. The summed E-state index contributed by atoms with van der Waals surface area (Å²) >= 11 is 0. The number of phenols is 1. The van der Waals surface area contributed by atoms with Crippen molar-refractivity contribution in [2.75, 3.05) is 5.32 Å². The van der Waals surface area contributed by atoms with Crippen molar-refractivity contribution in [1.82, 2.24) is 4.72 Å². The second-order valence-electron chi connectivity index (χ2n) is 5.86. The molecule has 3 N–H and O–H groups in total. The number of phenolic OH excluding ortho intramolecular Hbond substituents is 1. The van der Waals surface area contributed by atoms with E-state index in [0.29, 0.717) is 16.8 Å². The third-order valence-corrected chi connectivity index (χ3v) is 5.14. The third-order valence-electron chi connectivity index (χ3n) is 3.76. The number of benzene rings is 2. The minimum Gasteiger partial charge on any atom is -0.508 e. The number of amides is 2. The van der Waals surface area contributed by atoms with Gasteiger partial charge in [-0.1, -0.05) is 12.1 Å². The Bertz CT molecular complexity index is 1070. The molecule has 0 bridgehead atoms. The van der Waals surface area contributed by atoms with E-state index in [2.05, 4.69) is 5.32 Å². The molecule has 0 atom stereocenters. The first kappa shape index (κ1) is 19.2. The minimum atomic E-state index is -4.02. The summed E-state index contributed by atoms with van der Waals surface area (Å²) in [5.41, 5.74) is 1.47. The van der Waals surface area contributed by atoms with Crippen LogP contribution in [0.1, 0.15) is 15.9 Å². The van der Waals surface area contributed by atoms with Gasteiger partial charge in [-0.05, 0) is 48.0 Å². The number of furan rings is 1. The molecule has 28 heavy (non-hydrogen) atoms. The van der Waals surface area contributed by atoms with Crippen molar-refractivity contribution in [3.05, 3.63) is 78.3 Å². The molecule has 0 aliphatic rings. The average molecular weight is 400 g/mol. The monoisotopic (exact) mass is 400 g/mol. The van der Waals surface area contributed by atoms with E-state index in [1.54, 1.807) is 24.3 Å². The largest absolute Gasteiger partial charge is 0.508 e. The van der Waals surface area contributed by atoms with Crippen LogP contribution in [-0.4, -0.2) is 25.3 Å². The second kappa shape index (κ2) is 7.97. The van der Waals surface area contributed by atoms with E-state index in [-0.39, 0.29) is 23.0 Å². The van der Waals surface area contributed by atoms with E-state index in [9.17, 15) is 23.1 Å². The normalized spacial score (nSPS) is 11.0. The standard InChI is InChI=1S/C19H16N2O6S/c22-16-5-7-17(8-6-16)28(25,26)21-18(23)11-13-1-3-15(4-2-13)20-19(24)14-9-10-27-12-14/h1-10,12,22H,11H2,(H,20,24)(H,21,23). The quantitative estimate of drug-likeness (QED) is 0.583. The number of aromatic hydroxyl groups is 1. The number of sulfonamides is 1. The van der Waals surface area contributed by atoms with Crippen LogP contribution in [0.2, 0.25) is 0 Å². The number of nitrogens with one attached hydrogen (secondary N) is 2. The molecule has 2 amide bonds. The van der Waals surface area contributed by atoms with Crippen molar-refractivity contribution in [2.45, 2.75) is 11.3 Å². The molecule has 1 heterocycles. The van der Waals surface area contributed by atoms with E-state index >= 15 is 0 Å². The molecule has 0 aliphatic carbocycles. The summed E-state index contributed by atoms with van der Waals surface area (Å²) < 4.78 is 31.2. The maximum Gasteiger partial charge on any atom is 0.264 e. The van der Waals surface area contributed by atoms with Gasteiger partial charge in [0.1, 0.15) is 12.0 Å². The second-order valence-corrected chi connectivity index (χ2v) is 7.54. The van der Waals surface area contributed by atoms with Crippen LogP contribution in [0.5, 0.6) is 5.75 Å². The molecule has 0 aliphatic heterocycles. The van der Waals surface area contributed by atoms with Crippen LogP contribution in [-0.2, 0) is 21.2 Å². The number of carbonyl (C=O) groups is 2. The molecular formula is C19H16N2O6S. The van der Waals surface area contributed by atoms with Crippen molar-refractivity contribution >= 4 is 27.5 Å². The number of hydrogen-bond donors (Lipinski definition) is 3. The Balaban J connectivity index is 1.59. The average Bonchev–Trinajstić information content (AvgIpc) is 3.18. The lowest BCUT2D eigenvalue weighted by molar-refractivity contribution is -0.118. The molecule has 0 unspecified atom stereocenters. The molecule has 9 heteroatoms. The zero-order valence-corrected chi connectivity index (χ0v) is 15.3. The molecule has 8 nitrogen and oxygen atoms in total. The summed E-state index contributed by atoms with van der Waals surface area (Å²) in [7, 11) is -4.02. The van der Waals surface area contributed by atoms with E-state index in [4.69, 9.17) is 4.42 Å². The Hall–Kier alpha value is -3.59. The first-order chi connectivity index (χ1) is 13.3. The summed E-state index contributed by atoms with van der Waals surface area (Å²) in [5, 5.41) is 11.9. The van der Waals surface area contributed by atoms with Crippen molar-refractivity contribution in [3.8, 4) is 5.75 Å². The topological polar surface area (TPSA) is 126 Å². The van der Waals surface area contributed by atoms with Crippen LogP contribution >= 0.6 is 0 Å². The van der Waals surface area contributed by atoms with Crippen LogP contribution in [0.4, 0.5) is 5.69 Å². The van der Waals surface area contributed by atoms with Crippen LogP contribution in [0.25, 0.3) is 0 Å². The third kappa shape index (κ3) is 4.77. The Morgan fingerprint density at radius 3 is 2.25 bits per heavy atom. The lowest BCUT2D eigenvalue weighted by Crippen LogP contribution is -2.31. The lowest BCUT2D eigenvalue weighted by atomic mass is 10.1. The first-order valence-corrected chi connectivity index (χ1v) is 9.59. The minimum absolute atomic E-state index is 0.0785. The highest BCUT2D eigenvalue weighted by atomic mass is 32.2. The van der Waals surface area contributed by atoms with Gasteiger partial charge in [0.2, 0.25) is 5.91 Å². The molecule has 0 radical (unpaired) electrons. The van der Waals surface area contributed by atoms with Gasteiger partial charge in [0.05, 0.1) is 23.1 Å². The van der Waals surface area contributed by atoms with Gasteiger partial charge in [0.25, 0.3) is 15.9 Å². The van der Waals surface area contributed by atoms with Gasteiger partial charge in [-0.3, -0.25) is 9.59 Å². The molecular weight excluding hydrogens is 384 g/mol. The summed E-state index contributed by atoms with van der Waals surface area (Å²) in [5.74, 6) is -1.12. The highest BCUT2D eigenvalue weighted by molar-refractivity contribution is 7.90. The van der Waals surface area contributed by atoms with Gasteiger partial charge in [0, 0.05) is 5.69 Å². The van der Waals surface area contributed by atoms with Crippen molar-refractivity contribution in [2.24, 2.45) is 0 Å². The molecule has 144 valence electrons. The lowest BCUT2D eigenvalue weighted by Gasteiger charge is -2.08. The van der Waals surface area contributed by atoms with E-state index in [1.807, 2.05) is 4.72 Å². The molecule has 0 saturated carbocycles. The van der Waals surface area contributed by atoms with Crippen LogP contribution in [0, 0.1) is 0 Å². The van der Waals surface area contributed by atoms with Gasteiger partial charge >= 0.3 is 0 Å². The van der Waals surface area contributed by atoms with Crippen LogP contribution in [0.3, 0.4) is 0 Å². The maximum atomic E-state index is 12.2. The highest BCUT2D eigenvalue weighted by Gasteiger charge is 2.17. The smallest absolute Gasteiger partial charge is 0.264 e. The van der Waals surface area contributed by atoms with Gasteiger partial charge in [-0.2, -0.15) is 0 Å². The van der Waals surface area contributed by atoms with E-state index in [0.717, 1.165) is 0 Å². The predicted octanol–water partition coefficient (Wildman–Crippen LogP) is 2.29. The Morgan fingerprint density at radius 2 is 1.64 bits per heavy atom. The molecule has 0 fully saturated rings. The van der Waals surface area contributed by atoms with Crippen LogP contribution in [0.15, 0.2) is 76.4 Å². The molecule has 2 aromatic carbocycles. The summed E-state index contributed by atoms with van der Waals surface area (Å²) in [4.78, 5) is 23.9. The predicted molar refractivity (Wildman–Crippen MR) is 100 cm³/mol. The Morgan fingerprint density at radius 1 is 0.964 bits per heavy atom. The Labute approximate surface area is 160 Å². The first-order valence-electron chi connectivity index (χ1n) is 8.11. The molecule has 1 aromatic heterocycles. The van der Waals surface area contributed by atoms with Crippen LogP contribution < -0.4 is 10.0 Å². The van der Waals surface area contributed by atoms with Crippen molar-refractivity contribution in [3.63, 3.8) is 0 Å².